The third-order valence-corrected chi connectivity index (χ3v) is 2.73. The predicted octanol–water partition coefficient (Wildman–Crippen LogP) is 1.65. The van der Waals surface area contributed by atoms with Gasteiger partial charge in [0.05, 0.1) is 19.3 Å². The molecule has 0 heterocycles. The molecule has 0 radical (unpaired) electrons. The summed E-state index contributed by atoms with van der Waals surface area (Å²) in [6.07, 6.45) is 0.684. The lowest BCUT2D eigenvalue weighted by molar-refractivity contribution is -0.123. The minimum atomic E-state index is -0.637. The van der Waals surface area contributed by atoms with Crippen molar-refractivity contribution in [2.45, 2.75) is 32.2 Å². The number of aliphatic hydroxyl groups is 1. The second kappa shape index (κ2) is 6.52. The van der Waals surface area contributed by atoms with Gasteiger partial charge in [0.2, 0.25) is 5.91 Å². The fraction of sp³-hybridized carbons (Fsp3) is 0.500. The molecule has 2 N–H and O–H groups in total. The number of hydrogen-bond acceptors (Lipinski definition) is 3. The summed E-state index contributed by atoms with van der Waals surface area (Å²) >= 11 is 0. The Morgan fingerprint density at radius 3 is 2.68 bits per heavy atom. The normalized spacial score (nSPS) is 11.2. The SMILES string of the molecule is COc1ccc(CCC(=O)NC(C)(C)CO)cc1F. The van der Waals surface area contributed by atoms with E-state index < -0.39 is 11.4 Å². The van der Waals surface area contributed by atoms with E-state index >= 15 is 0 Å². The number of rotatable bonds is 6. The van der Waals surface area contributed by atoms with Crippen LogP contribution in [0.1, 0.15) is 25.8 Å². The summed E-state index contributed by atoms with van der Waals surface area (Å²) in [6, 6.07) is 4.63. The fourth-order valence-corrected chi connectivity index (χ4v) is 1.60. The van der Waals surface area contributed by atoms with Gasteiger partial charge in [-0.15, -0.1) is 0 Å². The first-order valence-corrected chi connectivity index (χ1v) is 6.12. The van der Waals surface area contributed by atoms with Crippen LogP contribution in [-0.4, -0.2) is 30.3 Å². The molecule has 1 aromatic rings. The van der Waals surface area contributed by atoms with Crippen LogP contribution in [0.2, 0.25) is 0 Å². The van der Waals surface area contributed by atoms with E-state index in [1.807, 2.05) is 0 Å². The van der Waals surface area contributed by atoms with Crippen LogP contribution < -0.4 is 10.1 Å². The number of aryl methyl sites for hydroxylation is 1. The van der Waals surface area contributed by atoms with Crippen molar-refractivity contribution in [2.24, 2.45) is 0 Å². The summed E-state index contributed by atoms with van der Waals surface area (Å²) in [5.74, 6) is -0.416. The Labute approximate surface area is 112 Å². The fourth-order valence-electron chi connectivity index (χ4n) is 1.60. The van der Waals surface area contributed by atoms with Crippen molar-refractivity contribution in [3.05, 3.63) is 29.6 Å². The van der Waals surface area contributed by atoms with Gasteiger partial charge < -0.3 is 15.2 Å². The van der Waals surface area contributed by atoms with Crippen LogP contribution in [0, 0.1) is 5.82 Å². The lowest BCUT2D eigenvalue weighted by Gasteiger charge is -2.23. The van der Waals surface area contributed by atoms with Gasteiger partial charge >= 0.3 is 0 Å². The smallest absolute Gasteiger partial charge is 0.220 e. The summed E-state index contributed by atoms with van der Waals surface area (Å²) in [5.41, 5.74) is 0.0951. The van der Waals surface area contributed by atoms with Crippen molar-refractivity contribution >= 4 is 5.91 Å². The van der Waals surface area contributed by atoms with Crippen LogP contribution in [-0.2, 0) is 11.2 Å². The van der Waals surface area contributed by atoms with Crippen LogP contribution in [0.5, 0.6) is 5.75 Å². The van der Waals surface area contributed by atoms with Crippen molar-refractivity contribution in [1.29, 1.82) is 0 Å². The van der Waals surface area contributed by atoms with Crippen molar-refractivity contribution in [3.8, 4) is 5.75 Å². The minimum absolute atomic E-state index is 0.129. The average molecular weight is 269 g/mol. The van der Waals surface area contributed by atoms with E-state index in [1.54, 1.807) is 26.0 Å². The zero-order valence-corrected chi connectivity index (χ0v) is 11.5. The van der Waals surface area contributed by atoms with Gasteiger partial charge in [-0.1, -0.05) is 6.07 Å². The molecule has 0 saturated heterocycles. The van der Waals surface area contributed by atoms with Crippen LogP contribution >= 0.6 is 0 Å². The first-order chi connectivity index (χ1) is 8.88. The molecule has 19 heavy (non-hydrogen) atoms. The Bertz CT molecular complexity index is 446. The second-order valence-electron chi connectivity index (χ2n) is 5.06. The molecule has 0 bridgehead atoms. The van der Waals surface area contributed by atoms with E-state index in [2.05, 4.69) is 5.32 Å². The lowest BCUT2D eigenvalue weighted by atomic mass is 10.1. The largest absolute Gasteiger partial charge is 0.494 e. The first-order valence-electron chi connectivity index (χ1n) is 6.12. The molecule has 0 spiro atoms. The Balaban J connectivity index is 2.53. The standard InChI is InChI=1S/C14H20FNO3/c1-14(2,9-17)16-13(18)7-5-10-4-6-12(19-3)11(15)8-10/h4,6,8,17H,5,7,9H2,1-3H3,(H,16,18). The van der Waals surface area contributed by atoms with Gasteiger partial charge in [0.15, 0.2) is 11.6 Å². The quantitative estimate of drug-likeness (QED) is 0.825. The van der Waals surface area contributed by atoms with Gasteiger partial charge in [-0.25, -0.2) is 4.39 Å². The molecule has 5 heteroatoms. The summed E-state index contributed by atoms with van der Waals surface area (Å²) in [7, 11) is 1.41. The van der Waals surface area contributed by atoms with Gasteiger partial charge in [0.1, 0.15) is 0 Å². The van der Waals surface area contributed by atoms with Crippen molar-refractivity contribution in [2.75, 3.05) is 13.7 Å². The highest BCUT2D eigenvalue weighted by molar-refractivity contribution is 5.77. The molecular formula is C14H20FNO3. The van der Waals surface area contributed by atoms with Gasteiger partial charge in [-0.2, -0.15) is 0 Å². The summed E-state index contributed by atoms with van der Waals surface area (Å²) < 4.78 is 18.3. The number of benzene rings is 1. The van der Waals surface area contributed by atoms with E-state index in [9.17, 15) is 9.18 Å². The van der Waals surface area contributed by atoms with Crippen molar-refractivity contribution < 1.29 is 19.0 Å². The molecule has 0 aliphatic carbocycles. The highest BCUT2D eigenvalue weighted by atomic mass is 19.1. The Hall–Kier alpha value is -1.62. The number of amides is 1. The molecule has 0 aromatic heterocycles. The molecule has 106 valence electrons. The molecule has 4 nitrogen and oxygen atoms in total. The maximum absolute atomic E-state index is 13.4. The predicted molar refractivity (Wildman–Crippen MR) is 70.6 cm³/mol. The molecule has 0 unspecified atom stereocenters. The number of hydrogen-bond donors (Lipinski definition) is 2. The number of nitrogens with one attached hydrogen (secondary N) is 1. The number of carbonyl (C=O) groups excluding carboxylic acids is 1. The molecular weight excluding hydrogens is 249 g/mol. The third-order valence-electron chi connectivity index (χ3n) is 2.73. The average Bonchev–Trinajstić information content (AvgIpc) is 2.36. The highest BCUT2D eigenvalue weighted by Crippen LogP contribution is 2.18. The zero-order chi connectivity index (χ0) is 14.5. The summed E-state index contributed by atoms with van der Waals surface area (Å²) in [4.78, 5) is 11.7. The van der Waals surface area contributed by atoms with Crippen molar-refractivity contribution in [3.63, 3.8) is 0 Å². The molecule has 0 fully saturated rings. The van der Waals surface area contributed by atoms with E-state index in [-0.39, 0.29) is 24.7 Å². The Morgan fingerprint density at radius 1 is 1.47 bits per heavy atom. The van der Waals surface area contributed by atoms with Gasteiger partial charge in [-0.3, -0.25) is 4.79 Å². The molecule has 0 saturated carbocycles. The maximum atomic E-state index is 13.4. The van der Waals surface area contributed by atoms with Gasteiger partial charge in [0.25, 0.3) is 0 Å². The monoisotopic (exact) mass is 269 g/mol. The van der Waals surface area contributed by atoms with Gasteiger partial charge in [-0.05, 0) is 38.0 Å². The van der Waals surface area contributed by atoms with Gasteiger partial charge in [0, 0.05) is 6.42 Å². The number of ether oxygens (including phenoxy) is 1. The molecule has 0 atom stereocenters. The maximum Gasteiger partial charge on any atom is 0.220 e. The Kier molecular flexibility index (Phi) is 5.30. The van der Waals surface area contributed by atoms with E-state index in [4.69, 9.17) is 9.84 Å². The van der Waals surface area contributed by atoms with E-state index in [0.717, 1.165) is 5.56 Å². The lowest BCUT2D eigenvalue weighted by Crippen LogP contribution is -2.46. The van der Waals surface area contributed by atoms with Crippen LogP contribution in [0.15, 0.2) is 18.2 Å². The number of methoxy groups -OCH3 is 1. The zero-order valence-electron chi connectivity index (χ0n) is 11.5. The number of carbonyl (C=O) groups is 1. The molecule has 1 rings (SSSR count). The summed E-state index contributed by atoms with van der Waals surface area (Å²) in [5, 5.41) is 11.8. The van der Waals surface area contributed by atoms with Crippen LogP contribution in [0.25, 0.3) is 0 Å². The van der Waals surface area contributed by atoms with E-state index in [1.165, 1.54) is 13.2 Å². The first kappa shape index (κ1) is 15.4. The molecule has 1 amide bonds. The molecule has 0 aliphatic rings. The Morgan fingerprint density at radius 2 is 2.16 bits per heavy atom. The molecule has 0 aliphatic heterocycles. The minimum Gasteiger partial charge on any atom is -0.494 e. The van der Waals surface area contributed by atoms with Crippen molar-refractivity contribution in [1.82, 2.24) is 5.32 Å². The number of aliphatic hydroxyl groups excluding tert-OH is 1. The third kappa shape index (κ3) is 4.87. The summed E-state index contributed by atoms with van der Waals surface area (Å²) in [6.45, 7) is 3.34. The van der Waals surface area contributed by atoms with Crippen LogP contribution in [0.3, 0.4) is 0 Å². The highest BCUT2D eigenvalue weighted by Gasteiger charge is 2.18. The second-order valence-corrected chi connectivity index (χ2v) is 5.06. The number of halogens is 1. The van der Waals surface area contributed by atoms with Crippen LogP contribution in [0.4, 0.5) is 4.39 Å². The topological polar surface area (TPSA) is 58.6 Å². The molecule has 1 aromatic carbocycles. The van der Waals surface area contributed by atoms with E-state index in [0.29, 0.717) is 6.42 Å².